The van der Waals surface area contributed by atoms with Gasteiger partial charge in [-0.15, -0.1) is 0 Å². The van der Waals surface area contributed by atoms with E-state index in [-0.39, 0.29) is 11.9 Å². The van der Waals surface area contributed by atoms with Gasteiger partial charge in [0.1, 0.15) is 23.4 Å². The summed E-state index contributed by atoms with van der Waals surface area (Å²) < 4.78 is 11.4. The molecule has 3 aromatic rings. The van der Waals surface area contributed by atoms with E-state index in [0.717, 1.165) is 28.2 Å². The largest absolute Gasteiger partial charge is 0.508 e. The van der Waals surface area contributed by atoms with Crippen molar-refractivity contribution in [3.05, 3.63) is 53.9 Å². The molecule has 2 N–H and O–H groups in total. The summed E-state index contributed by atoms with van der Waals surface area (Å²) in [4.78, 5) is 7.95. The molecular formula is C18H20N2O3. The Labute approximate surface area is 134 Å². The Morgan fingerprint density at radius 1 is 1.09 bits per heavy atom. The van der Waals surface area contributed by atoms with Gasteiger partial charge in [-0.25, -0.2) is 4.98 Å². The lowest BCUT2D eigenvalue weighted by atomic mass is 10.1. The molecule has 0 bridgehead atoms. The molecule has 0 saturated heterocycles. The molecule has 120 valence electrons. The van der Waals surface area contributed by atoms with Crippen LogP contribution in [-0.4, -0.2) is 28.3 Å². The van der Waals surface area contributed by atoms with Crippen LogP contribution >= 0.6 is 0 Å². The molecule has 23 heavy (non-hydrogen) atoms. The van der Waals surface area contributed by atoms with Crippen LogP contribution < -0.4 is 4.74 Å². The number of aromatic nitrogens is 2. The minimum atomic E-state index is -0.302. The quantitative estimate of drug-likeness (QED) is 0.726. The maximum atomic E-state index is 9.46. The van der Waals surface area contributed by atoms with Crippen LogP contribution in [0.2, 0.25) is 0 Å². The summed E-state index contributed by atoms with van der Waals surface area (Å²) in [6, 6.07) is 12.8. The van der Waals surface area contributed by atoms with Crippen molar-refractivity contribution in [3.63, 3.8) is 0 Å². The second-order valence-corrected chi connectivity index (χ2v) is 5.16. The van der Waals surface area contributed by atoms with E-state index in [2.05, 4.69) is 9.97 Å². The summed E-state index contributed by atoms with van der Waals surface area (Å²) in [5.74, 6) is 1.78. The van der Waals surface area contributed by atoms with E-state index in [0.29, 0.717) is 13.2 Å². The summed E-state index contributed by atoms with van der Waals surface area (Å²) >= 11 is 0. The predicted molar refractivity (Wildman–Crippen MR) is 88.8 cm³/mol. The highest BCUT2D eigenvalue weighted by Gasteiger charge is 2.18. The van der Waals surface area contributed by atoms with Gasteiger partial charge in [-0.3, -0.25) is 0 Å². The Hall–Kier alpha value is -2.53. The number of benzene rings is 2. The third kappa shape index (κ3) is 3.29. The molecule has 5 heteroatoms. The third-order valence-corrected chi connectivity index (χ3v) is 3.56. The van der Waals surface area contributed by atoms with Crippen molar-refractivity contribution in [2.75, 3.05) is 13.2 Å². The van der Waals surface area contributed by atoms with E-state index in [1.54, 1.807) is 12.1 Å². The lowest BCUT2D eigenvalue weighted by Crippen LogP contribution is -2.07. The van der Waals surface area contributed by atoms with Gasteiger partial charge in [0, 0.05) is 12.7 Å². The van der Waals surface area contributed by atoms with Gasteiger partial charge in [0.15, 0.2) is 0 Å². The highest BCUT2D eigenvalue weighted by atomic mass is 16.5. The fourth-order valence-corrected chi connectivity index (χ4v) is 2.54. The van der Waals surface area contributed by atoms with Crippen molar-refractivity contribution in [1.82, 2.24) is 9.97 Å². The number of nitrogens with zero attached hydrogens (tertiary/aromatic N) is 1. The monoisotopic (exact) mass is 312 g/mol. The average molecular weight is 312 g/mol. The summed E-state index contributed by atoms with van der Waals surface area (Å²) in [5, 5.41) is 9.46. The first-order valence-electron chi connectivity index (χ1n) is 7.74. The smallest absolute Gasteiger partial charge is 0.141 e. The van der Waals surface area contributed by atoms with Crippen molar-refractivity contribution in [1.29, 1.82) is 0 Å². The lowest BCUT2D eigenvalue weighted by Gasteiger charge is -2.15. The van der Waals surface area contributed by atoms with Crippen LogP contribution in [0.4, 0.5) is 0 Å². The second kappa shape index (κ2) is 6.71. The van der Waals surface area contributed by atoms with E-state index in [1.807, 2.05) is 44.2 Å². The van der Waals surface area contributed by atoms with Gasteiger partial charge in [-0.05, 0) is 43.7 Å². The fraction of sp³-hybridized carbons (Fsp3) is 0.278. The van der Waals surface area contributed by atoms with Gasteiger partial charge in [-0.1, -0.05) is 12.1 Å². The SMILES string of the molecule is CCOc1ccc2nc(C(OCC)c3ccc(O)cc3)[nH]c2c1. The average Bonchev–Trinajstić information content (AvgIpc) is 2.97. The Balaban J connectivity index is 1.98. The van der Waals surface area contributed by atoms with Crippen molar-refractivity contribution >= 4 is 11.0 Å². The van der Waals surface area contributed by atoms with Crippen LogP contribution in [-0.2, 0) is 4.74 Å². The van der Waals surface area contributed by atoms with Gasteiger partial charge in [0.25, 0.3) is 0 Å². The molecule has 0 spiro atoms. The maximum Gasteiger partial charge on any atom is 0.141 e. The van der Waals surface area contributed by atoms with Crippen molar-refractivity contribution in [2.24, 2.45) is 0 Å². The molecule has 3 rings (SSSR count). The van der Waals surface area contributed by atoms with Gasteiger partial charge in [0.05, 0.1) is 17.6 Å². The number of H-pyrrole nitrogens is 1. The van der Waals surface area contributed by atoms with Crippen molar-refractivity contribution in [2.45, 2.75) is 20.0 Å². The van der Waals surface area contributed by atoms with Crippen LogP contribution in [0.1, 0.15) is 31.3 Å². The van der Waals surface area contributed by atoms with Gasteiger partial charge >= 0.3 is 0 Å². The predicted octanol–water partition coefficient (Wildman–Crippen LogP) is 3.79. The number of ether oxygens (including phenoxy) is 2. The van der Waals surface area contributed by atoms with Crippen LogP contribution in [0.5, 0.6) is 11.5 Å². The number of hydrogen-bond donors (Lipinski definition) is 2. The molecule has 0 fully saturated rings. The molecule has 1 aromatic heterocycles. The van der Waals surface area contributed by atoms with Gasteiger partial charge in [0.2, 0.25) is 0 Å². The van der Waals surface area contributed by atoms with Gasteiger partial charge < -0.3 is 19.6 Å². The molecule has 0 aliphatic heterocycles. The normalized spacial score (nSPS) is 12.4. The number of rotatable bonds is 6. The molecule has 0 radical (unpaired) electrons. The van der Waals surface area contributed by atoms with Crippen LogP contribution in [0.3, 0.4) is 0 Å². The van der Waals surface area contributed by atoms with Crippen LogP contribution in [0.25, 0.3) is 11.0 Å². The zero-order valence-corrected chi connectivity index (χ0v) is 13.2. The van der Waals surface area contributed by atoms with Gasteiger partial charge in [-0.2, -0.15) is 0 Å². The lowest BCUT2D eigenvalue weighted by molar-refractivity contribution is 0.0859. The molecule has 2 aromatic carbocycles. The summed E-state index contributed by atoms with van der Waals surface area (Å²) in [5.41, 5.74) is 2.72. The summed E-state index contributed by atoms with van der Waals surface area (Å²) in [7, 11) is 0. The van der Waals surface area contributed by atoms with Crippen LogP contribution in [0, 0.1) is 0 Å². The number of aromatic hydroxyl groups is 1. The molecule has 1 unspecified atom stereocenters. The maximum absolute atomic E-state index is 9.46. The Morgan fingerprint density at radius 3 is 2.57 bits per heavy atom. The van der Waals surface area contributed by atoms with Crippen molar-refractivity contribution < 1.29 is 14.6 Å². The zero-order valence-electron chi connectivity index (χ0n) is 13.2. The Morgan fingerprint density at radius 2 is 1.87 bits per heavy atom. The molecule has 0 aliphatic rings. The number of imidazole rings is 1. The summed E-state index contributed by atoms with van der Waals surface area (Å²) in [6.45, 7) is 5.09. The highest BCUT2D eigenvalue weighted by molar-refractivity contribution is 5.77. The summed E-state index contributed by atoms with van der Waals surface area (Å²) in [6.07, 6.45) is -0.302. The minimum Gasteiger partial charge on any atom is -0.508 e. The molecule has 5 nitrogen and oxygen atoms in total. The molecule has 0 aliphatic carbocycles. The Bertz CT molecular complexity index is 781. The second-order valence-electron chi connectivity index (χ2n) is 5.16. The standard InChI is InChI=1S/C18H20N2O3/c1-3-22-14-9-10-15-16(11-14)20-18(19-15)17(23-4-2)12-5-7-13(21)8-6-12/h5-11,17,21H,3-4H2,1-2H3,(H,19,20). The zero-order chi connectivity index (χ0) is 16.2. The Kier molecular flexibility index (Phi) is 4.48. The first-order valence-corrected chi connectivity index (χ1v) is 7.74. The third-order valence-electron chi connectivity index (χ3n) is 3.56. The molecule has 0 amide bonds. The number of aromatic amines is 1. The minimum absolute atomic E-state index is 0.231. The molecule has 0 saturated carbocycles. The van der Waals surface area contributed by atoms with E-state index in [9.17, 15) is 5.11 Å². The van der Waals surface area contributed by atoms with Crippen LogP contribution in [0.15, 0.2) is 42.5 Å². The number of phenols is 1. The van der Waals surface area contributed by atoms with E-state index in [4.69, 9.17) is 9.47 Å². The van der Waals surface area contributed by atoms with E-state index < -0.39 is 0 Å². The topological polar surface area (TPSA) is 67.4 Å². The van der Waals surface area contributed by atoms with E-state index >= 15 is 0 Å². The number of phenolic OH excluding ortho intramolecular Hbond substituents is 1. The fourth-order valence-electron chi connectivity index (χ4n) is 2.54. The molecular weight excluding hydrogens is 292 g/mol. The molecule has 1 heterocycles. The first-order chi connectivity index (χ1) is 11.2. The number of fused-ring (bicyclic) bond motifs is 1. The number of nitrogens with one attached hydrogen (secondary N) is 1. The first kappa shape index (κ1) is 15.4. The van der Waals surface area contributed by atoms with Crippen molar-refractivity contribution in [3.8, 4) is 11.5 Å². The van der Waals surface area contributed by atoms with E-state index in [1.165, 1.54) is 0 Å². The number of hydrogen-bond acceptors (Lipinski definition) is 4. The molecule has 1 atom stereocenters. The highest BCUT2D eigenvalue weighted by Crippen LogP contribution is 2.28.